The standard InChI is InChI=1S/C20H22FN3O/c1-14(15-7-9-16(21)10-8-15)13-20(25)22-12-11-19-23-17-5-3-4-6-18(17)24(19)2/h3-10,14H,11-13H2,1-2H3,(H,22,25)/t14-/m0/s1. The molecule has 1 heterocycles. The molecule has 0 radical (unpaired) electrons. The molecule has 0 aliphatic carbocycles. The molecule has 0 saturated carbocycles. The van der Waals surface area contributed by atoms with Crippen molar-refractivity contribution in [1.29, 1.82) is 0 Å². The van der Waals surface area contributed by atoms with Gasteiger partial charge in [0.1, 0.15) is 11.6 Å². The third kappa shape index (κ3) is 4.05. The first-order valence-corrected chi connectivity index (χ1v) is 8.47. The number of hydrogen-bond donors (Lipinski definition) is 1. The molecule has 1 aromatic heterocycles. The number of imidazole rings is 1. The first-order chi connectivity index (χ1) is 12.0. The van der Waals surface area contributed by atoms with Gasteiger partial charge >= 0.3 is 0 Å². The minimum atomic E-state index is -0.261. The van der Waals surface area contributed by atoms with Crippen LogP contribution in [0.25, 0.3) is 11.0 Å². The number of nitrogens with one attached hydrogen (secondary N) is 1. The largest absolute Gasteiger partial charge is 0.356 e. The summed E-state index contributed by atoms with van der Waals surface area (Å²) in [5.74, 6) is 0.739. The molecule has 0 aliphatic rings. The third-order valence-electron chi connectivity index (χ3n) is 4.48. The average Bonchev–Trinajstić information content (AvgIpc) is 2.92. The second-order valence-electron chi connectivity index (χ2n) is 6.33. The highest BCUT2D eigenvalue weighted by Gasteiger charge is 2.12. The van der Waals surface area contributed by atoms with Crippen molar-refractivity contribution >= 4 is 16.9 Å². The van der Waals surface area contributed by atoms with Gasteiger partial charge in [0.15, 0.2) is 0 Å². The predicted molar refractivity (Wildman–Crippen MR) is 96.9 cm³/mol. The number of halogens is 1. The second-order valence-corrected chi connectivity index (χ2v) is 6.33. The predicted octanol–water partition coefficient (Wildman–Crippen LogP) is 3.56. The number of carbonyl (C=O) groups excluding carboxylic acids is 1. The van der Waals surface area contributed by atoms with Gasteiger partial charge in [-0.15, -0.1) is 0 Å². The van der Waals surface area contributed by atoms with Crippen molar-refractivity contribution in [3.05, 3.63) is 65.7 Å². The zero-order valence-electron chi connectivity index (χ0n) is 14.5. The van der Waals surface area contributed by atoms with Crippen molar-refractivity contribution in [2.24, 2.45) is 7.05 Å². The van der Waals surface area contributed by atoms with E-state index in [4.69, 9.17) is 0 Å². The topological polar surface area (TPSA) is 46.9 Å². The van der Waals surface area contributed by atoms with Crippen molar-refractivity contribution in [2.75, 3.05) is 6.54 Å². The Balaban J connectivity index is 1.52. The Hall–Kier alpha value is -2.69. The van der Waals surface area contributed by atoms with Gasteiger partial charge in [0, 0.05) is 26.4 Å². The van der Waals surface area contributed by atoms with Crippen molar-refractivity contribution in [3.63, 3.8) is 0 Å². The van der Waals surface area contributed by atoms with Crippen LogP contribution in [0, 0.1) is 5.82 Å². The Labute approximate surface area is 146 Å². The zero-order chi connectivity index (χ0) is 17.8. The Morgan fingerprint density at radius 2 is 1.92 bits per heavy atom. The number of fused-ring (bicyclic) bond motifs is 1. The lowest BCUT2D eigenvalue weighted by Gasteiger charge is -2.12. The fourth-order valence-corrected chi connectivity index (χ4v) is 2.99. The van der Waals surface area contributed by atoms with Crippen molar-refractivity contribution in [1.82, 2.24) is 14.9 Å². The van der Waals surface area contributed by atoms with E-state index in [1.54, 1.807) is 12.1 Å². The molecule has 5 heteroatoms. The first-order valence-electron chi connectivity index (χ1n) is 8.47. The molecule has 0 spiro atoms. The summed E-state index contributed by atoms with van der Waals surface area (Å²) in [6, 6.07) is 14.3. The van der Waals surface area contributed by atoms with E-state index in [-0.39, 0.29) is 17.6 Å². The maximum Gasteiger partial charge on any atom is 0.220 e. The summed E-state index contributed by atoms with van der Waals surface area (Å²) in [5, 5.41) is 2.95. The number of nitrogens with zero attached hydrogens (tertiary/aromatic N) is 2. The van der Waals surface area contributed by atoms with E-state index < -0.39 is 0 Å². The smallest absolute Gasteiger partial charge is 0.220 e. The molecule has 1 N–H and O–H groups in total. The monoisotopic (exact) mass is 339 g/mol. The summed E-state index contributed by atoms with van der Waals surface area (Å²) in [7, 11) is 1.99. The molecule has 3 aromatic rings. The van der Waals surface area contributed by atoms with Crippen LogP contribution in [-0.4, -0.2) is 22.0 Å². The molecule has 0 saturated heterocycles. The number of para-hydroxylation sites is 2. The molecule has 0 aliphatic heterocycles. The van der Waals surface area contributed by atoms with E-state index in [2.05, 4.69) is 14.9 Å². The lowest BCUT2D eigenvalue weighted by atomic mass is 9.97. The van der Waals surface area contributed by atoms with Gasteiger partial charge in [-0.1, -0.05) is 31.2 Å². The van der Waals surface area contributed by atoms with Gasteiger partial charge < -0.3 is 9.88 Å². The molecule has 25 heavy (non-hydrogen) atoms. The van der Waals surface area contributed by atoms with Crippen molar-refractivity contribution in [2.45, 2.75) is 25.7 Å². The van der Waals surface area contributed by atoms with Crippen LogP contribution in [0.1, 0.15) is 30.7 Å². The summed E-state index contributed by atoms with van der Waals surface area (Å²) in [6.45, 7) is 2.52. The molecule has 0 bridgehead atoms. The summed E-state index contributed by atoms with van der Waals surface area (Å²) in [6.07, 6.45) is 1.07. The highest BCUT2D eigenvalue weighted by atomic mass is 19.1. The number of rotatable bonds is 6. The minimum Gasteiger partial charge on any atom is -0.356 e. The lowest BCUT2D eigenvalue weighted by molar-refractivity contribution is -0.121. The minimum absolute atomic E-state index is 0.00408. The molecular weight excluding hydrogens is 317 g/mol. The van der Waals surface area contributed by atoms with E-state index >= 15 is 0 Å². The fraction of sp³-hybridized carbons (Fsp3) is 0.300. The van der Waals surface area contributed by atoms with Crippen LogP contribution in [0.5, 0.6) is 0 Å². The van der Waals surface area contributed by atoms with Crippen LogP contribution in [-0.2, 0) is 18.3 Å². The molecule has 4 nitrogen and oxygen atoms in total. The quantitative estimate of drug-likeness (QED) is 0.746. The average molecular weight is 339 g/mol. The maximum atomic E-state index is 13.0. The number of aromatic nitrogens is 2. The molecule has 130 valence electrons. The fourth-order valence-electron chi connectivity index (χ4n) is 2.99. The zero-order valence-corrected chi connectivity index (χ0v) is 14.5. The van der Waals surface area contributed by atoms with Crippen molar-refractivity contribution < 1.29 is 9.18 Å². The number of benzene rings is 2. The van der Waals surface area contributed by atoms with Gasteiger partial charge in [0.2, 0.25) is 5.91 Å². The number of carbonyl (C=O) groups is 1. The van der Waals surface area contributed by atoms with Gasteiger partial charge in [-0.05, 0) is 35.7 Å². The van der Waals surface area contributed by atoms with E-state index in [0.29, 0.717) is 19.4 Å². The van der Waals surface area contributed by atoms with E-state index in [1.165, 1.54) is 12.1 Å². The van der Waals surface area contributed by atoms with Gasteiger partial charge in [0.05, 0.1) is 11.0 Å². The van der Waals surface area contributed by atoms with Gasteiger partial charge in [-0.3, -0.25) is 4.79 Å². The van der Waals surface area contributed by atoms with Crippen LogP contribution in [0.3, 0.4) is 0 Å². The highest BCUT2D eigenvalue weighted by Crippen LogP contribution is 2.19. The Bertz CT molecular complexity index is 870. The highest BCUT2D eigenvalue weighted by molar-refractivity contribution is 5.77. The molecule has 0 unspecified atom stereocenters. The van der Waals surface area contributed by atoms with Crippen LogP contribution < -0.4 is 5.32 Å². The first kappa shape index (κ1) is 17.1. The van der Waals surface area contributed by atoms with E-state index in [1.807, 2.05) is 38.2 Å². The molecule has 0 fully saturated rings. The van der Waals surface area contributed by atoms with Crippen LogP contribution in [0.15, 0.2) is 48.5 Å². The Morgan fingerprint density at radius 3 is 2.64 bits per heavy atom. The van der Waals surface area contributed by atoms with Crippen LogP contribution in [0.4, 0.5) is 4.39 Å². The lowest BCUT2D eigenvalue weighted by Crippen LogP contribution is -2.27. The molecular formula is C20H22FN3O. The number of aryl methyl sites for hydroxylation is 1. The number of amides is 1. The third-order valence-corrected chi connectivity index (χ3v) is 4.48. The molecule has 3 rings (SSSR count). The van der Waals surface area contributed by atoms with E-state index in [9.17, 15) is 9.18 Å². The SMILES string of the molecule is C[C@@H](CC(=O)NCCc1nc2ccccc2n1C)c1ccc(F)cc1. The van der Waals surface area contributed by atoms with Gasteiger partial charge in [-0.25, -0.2) is 9.37 Å². The second kappa shape index (κ2) is 7.47. The molecule has 1 atom stereocenters. The Morgan fingerprint density at radius 1 is 1.20 bits per heavy atom. The summed E-state index contributed by atoms with van der Waals surface area (Å²) in [4.78, 5) is 16.7. The van der Waals surface area contributed by atoms with Gasteiger partial charge in [-0.2, -0.15) is 0 Å². The van der Waals surface area contributed by atoms with Crippen LogP contribution >= 0.6 is 0 Å². The summed E-state index contributed by atoms with van der Waals surface area (Å²) in [5.41, 5.74) is 3.02. The van der Waals surface area contributed by atoms with E-state index in [0.717, 1.165) is 22.4 Å². The molecule has 1 amide bonds. The normalized spacial score (nSPS) is 12.3. The summed E-state index contributed by atoms with van der Waals surface area (Å²) >= 11 is 0. The van der Waals surface area contributed by atoms with Crippen LogP contribution in [0.2, 0.25) is 0 Å². The summed E-state index contributed by atoms with van der Waals surface area (Å²) < 4.78 is 15.0. The maximum absolute atomic E-state index is 13.0. The van der Waals surface area contributed by atoms with Crippen molar-refractivity contribution in [3.8, 4) is 0 Å². The van der Waals surface area contributed by atoms with Gasteiger partial charge in [0.25, 0.3) is 0 Å². The molecule has 2 aromatic carbocycles. The Kier molecular flexibility index (Phi) is 5.12. The number of hydrogen-bond acceptors (Lipinski definition) is 2.